The van der Waals surface area contributed by atoms with Crippen LogP contribution >= 0.6 is 0 Å². The second-order valence-corrected chi connectivity index (χ2v) is 6.05. The van der Waals surface area contributed by atoms with Crippen LogP contribution in [0.25, 0.3) is 0 Å². The Morgan fingerprint density at radius 1 is 1.11 bits per heavy atom. The zero-order chi connectivity index (χ0) is 13.1. The average Bonchev–Trinajstić information content (AvgIpc) is 2.59. The van der Waals surface area contributed by atoms with Gasteiger partial charge in [-0.05, 0) is 38.5 Å². The van der Waals surface area contributed by atoms with E-state index in [0.29, 0.717) is 0 Å². The van der Waals surface area contributed by atoms with Crippen LogP contribution in [0.15, 0.2) is 0 Å². The Kier molecular flexibility index (Phi) is 3.94. The maximum atomic E-state index is 12.5. The van der Waals surface area contributed by atoms with E-state index >= 15 is 0 Å². The van der Waals surface area contributed by atoms with Gasteiger partial charge < -0.3 is 5.32 Å². The van der Waals surface area contributed by atoms with Crippen LogP contribution in [0.5, 0.6) is 0 Å². The topological polar surface area (TPSA) is 52.9 Å². The fourth-order valence-electron chi connectivity index (χ4n) is 3.25. The van der Waals surface area contributed by atoms with E-state index in [1.54, 1.807) is 0 Å². The van der Waals surface area contributed by atoms with Crippen molar-refractivity contribution in [2.45, 2.75) is 76.7 Å². The molecule has 0 aromatic carbocycles. The van der Waals surface area contributed by atoms with Gasteiger partial charge in [0.2, 0.25) is 5.91 Å². The van der Waals surface area contributed by atoms with E-state index in [0.717, 1.165) is 57.8 Å². The molecule has 18 heavy (non-hydrogen) atoms. The van der Waals surface area contributed by atoms with Gasteiger partial charge in [-0.2, -0.15) is 5.26 Å². The molecule has 100 valence electrons. The number of hydrogen-bond donors (Lipinski definition) is 1. The number of carbonyl (C=O) groups is 1. The Balaban J connectivity index is 2.07. The van der Waals surface area contributed by atoms with Crippen molar-refractivity contribution in [3.05, 3.63) is 0 Å². The van der Waals surface area contributed by atoms with Crippen LogP contribution in [0.1, 0.15) is 71.1 Å². The molecular weight excluding hydrogens is 224 g/mol. The molecule has 2 aliphatic carbocycles. The fraction of sp³-hybridized carbons (Fsp3) is 0.867. The first-order valence-corrected chi connectivity index (χ1v) is 7.40. The molecule has 0 heterocycles. The van der Waals surface area contributed by atoms with Crippen molar-refractivity contribution in [3.63, 3.8) is 0 Å². The number of hydrogen-bond acceptors (Lipinski definition) is 2. The zero-order valence-electron chi connectivity index (χ0n) is 11.4. The molecule has 0 spiro atoms. The number of rotatable bonds is 3. The van der Waals surface area contributed by atoms with Gasteiger partial charge in [-0.25, -0.2) is 0 Å². The number of nitrogens with one attached hydrogen (secondary N) is 1. The standard InChI is InChI=1S/C15H24N2O/c1-2-15(10-7-11-15)17-13(18)14(12-16)8-5-3-4-6-9-14/h2-11H2,1H3,(H,17,18). The Hall–Kier alpha value is -1.04. The first-order chi connectivity index (χ1) is 8.66. The molecule has 2 rings (SSSR count). The third-order valence-corrected chi connectivity index (χ3v) is 4.97. The van der Waals surface area contributed by atoms with Crippen molar-refractivity contribution >= 4 is 5.91 Å². The summed E-state index contributed by atoms with van der Waals surface area (Å²) in [5, 5.41) is 12.7. The molecule has 0 radical (unpaired) electrons. The summed E-state index contributed by atoms with van der Waals surface area (Å²) >= 11 is 0. The van der Waals surface area contributed by atoms with Crippen molar-refractivity contribution in [3.8, 4) is 6.07 Å². The molecule has 0 aromatic rings. The highest BCUT2D eigenvalue weighted by Gasteiger charge is 2.44. The third-order valence-electron chi connectivity index (χ3n) is 4.97. The first kappa shape index (κ1) is 13.4. The summed E-state index contributed by atoms with van der Waals surface area (Å²) in [6.45, 7) is 2.13. The molecular formula is C15H24N2O. The number of nitriles is 1. The summed E-state index contributed by atoms with van der Waals surface area (Å²) in [5.41, 5.74) is -0.735. The summed E-state index contributed by atoms with van der Waals surface area (Å²) in [6.07, 6.45) is 10.2. The van der Waals surface area contributed by atoms with E-state index < -0.39 is 5.41 Å². The quantitative estimate of drug-likeness (QED) is 0.779. The minimum absolute atomic E-state index is 0.00718. The van der Waals surface area contributed by atoms with Gasteiger partial charge in [0.05, 0.1) is 6.07 Å². The van der Waals surface area contributed by atoms with Crippen LogP contribution < -0.4 is 5.32 Å². The van der Waals surface area contributed by atoms with Gasteiger partial charge >= 0.3 is 0 Å². The zero-order valence-corrected chi connectivity index (χ0v) is 11.4. The summed E-state index contributed by atoms with van der Waals surface area (Å²) in [6, 6.07) is 2.34. The lowest BCUT2D eigenvalue weighted by molar-refractivity contribution is -0.132. The van der Waals surface area contributed by atoms with Crippen LogP contribution in [-0.4, -0.2) is 11.4 Å². The van der Waals surface area contributed by atoms with Crippen LogP contribution in [-0.2, 0) is 4.79 Å². The Bertz CT molecular complexity index is 338. The van der Waals surface area contributed by atoms with Crippen LogP contribution in [0.4, 0.5) is 0 Å². The monoisotopic (exact) mass is 248 g/mol. The minimum atomic E-state index is -0.742. The molecule has 2 saturated carbocycles. The van der Waals surface area contributed by atoms with E-state index in [1.807, 2.05) is 0 Å². The van der Waals surface area contributed by atoms with Gasteiger partial charge in [-0.15, -0.1) is 0 Å². The molecule has 2 aliphatic rings. The fourth-order valence-corrected chi connectivity index (χ4v) is 3.25. The normalized spacial score (nSPS) is 25.3. The lowest BCUT2D eigenvalue weighted by atomic mass is 9.73. The molecule has 1 N–H and O–H groups in total. The first-order valence-electron chi connectivity index (χ1n) is 7.40. The summed E-state index contributed by atoms with van der Waals surface area (Å²) < 4.78 is 0. The van der Waals surface area contributed by atoms with Gasteiger partial charge in [0.15, 0.2) is 0 Å². The van der Waals surface area contributed by atoms with Gasteiger partial charge in [-0.1, -0.05) is 32.6 Å². The third kappa shape index (κ3) is 2.39. The van der Waals surface area contributed by atoms with E-state index in [1.165, 1.54) is 6.42 Å². The maximum absolute atomic E-state index is 12.5. The molecule has 3 heteroatoms. The number of nitrogens with zero attached hydrogens (tertiary/aromatic N) is 1. The van der Waals surface area contributed by atoms with Gasteiger partial charge in [0.1, 0.15) is 5.41 Å². The molecule has 0 unspecified atom stereocenters. The molecule has 2 fully saturated rings. The highest BCUT2D eigenvalue weighted by molar-refractivity contribution is 5.86. The summed E-state index contributed by atoms with van der Waals surface area (Å²) in [4.78, 5) is 12.5. The van der Waals surface area contributed by atoms with Crippen molar-refractivity contribution in [2.75, 3.05) is 0 Å². The van der Waals surface area contributed by atoms with E-state index in [2.05, 4.69) is 18.3 Å². The van der Waals surface area contributed by atoms with E-state index in [-0.39, 0.29) is 11.4 Å². The lowest BCUT2D eigenvalue weighted by Gasteiger charge is -2.43. The summed E-state index contributed by atoms with van der Waals surface area (Å²) in [5.74, 6) is 0.00782. The predicted octanol–water partition coefficient (Wildman–Crippen LogP) is 3.30. The molecule has 0 atom stereocenters. The van der Waals surface area contributed by atoms with E-state index in [4.69, 9.17) is 0 Å². The van der Waals surface area contributed by atoms with Gasteiger partial charge in [0.25, 0.3) is 0 Å². The average molecular weight is 248 g/mol. The van der Waals surface area contributed by atoms with Crippen molar-refractivity contribution in [1.29, 1.82) is 5.26 Å². The molecule has 3 nitrogen and oxygen atoms in total. The minimum Gasteiger partial charge on any atom is -0.349 e. The van der Waals surface area contributed by atoms with Gasteiger partial charge in [-0.3, -0.25) is 4.79 Å². The predicted molar refractivity (Wildman–Crippen MR) is 70.8 cm³/mol. The van der Waals surface area contributed by atoms with Gasteiger partial charge in [0, 0.05) is 5.54 Å². The largest absolute Gasteiger partial charge is 0.349 e. The molecule has 0 bridgehead atoms. The number of amides is 1. The summed E-state index contributed by atoms with van der Waals surface area (Å²) in [7, 11) is 0. The molecule has 0 aromatic heterocycles. The lowest BCUT2D eigenvalue weighted by Crippen LogP contribution is -2.56. The SMILES string of the molecule is CCC1(NC(=O)C2(C#N)CCCCCC2)CCC1. The van der Waals surface area contributed by atoms with Crippen LogP contribution in [0.3, 0.4) is 0 Å². The number of carbonyl (C=O) groups excluding carboxylic acids is 1. The maximum Gasteiger partial charge on any atom is 0.240 e. The van der Waals surface area contributed by atoms with Crippen LogP contribution in [0.2, 0.25) is 0 Å². The molecule has 1 amide bonds. The van der Waals surface area contributed by atoms with Crippen molar-refractivity contribution in [2.24, 2.45) is 5.41 Å². The Morgan fingerprint density at radius 3 is 2.11 bits per heavy atom. The highest BCUT2D eigenvalue weighted by atomic mass is 16.2. The molecule has 0 saturated heterocycles. The highest BCUT2D eigenvalue weighted by Crippen LogP contribution is 2.39. The van der Waals surface area contributed by atoms with Crippen LogP contribution in [0, 0.1) is 16.7 Å². The molecule has 0 aliphatic heterocycles. The second-order valence-electron chi connectivity index (χ2n) is 6.05. The van der Waals surface area contributed by atoms with Crippen molar-refractivity contribution in [1.82, 2.24) is 5.32 Å². The second kappa shape index (κ2) is 5.30. The Morgan fingerprint density at radius 2 is 1.72 bits per heavy atom. The van der Waals surface area contributed by atoms with Crippen molar-refractivity contribution < 1.29 is 4.79 Å². The Labute approximate surface area is 110 Å². The smallest absolute Gasteiger partial charge is 0.240 e. The van der Waals surface area contributed by atoms with E-state index in [9.17, 15) is 10.1 Å².